The summed E-state index contributed by atoms with van der Waals surface area (Å²) in [6, 6.07) is 9.39. The molecule has 0 amide bonds. The highest BCUT2D eigenvalue weighted by atomic mass is 79.9. The Morgan fingerprint density at radius 2 is 2.00 bits per heavy atom. The smallest absolute Gasteiger partial charge is 0.145 e. The summed E-state index contributed by atoms with van der Waals surface area (Å²) in [5.74, 6) is 1.43. The zero-order valence-electron chi connectivity index (χ0n) is 9.73. The van der Waals surface area contributed by atoms with E-state index < -0.39 is 0 Å². The van der Waals surface area contributed by atoms with Crippen molar-refractivity contribution in [3.8, 4) is 11.5 Å². The second-order valence-corrected chi connectivity index (χ2v) is 5.65. The van der Waals surface area contributed by atoms with Gasteiger partial charge >= 0.3 is 0 Å². The molecular formula is C13H12Br2N2O. The van der Waals surface area contributed by atoms with Gasteiger partial charge in [-0.1, -0.05) is 15.9 Å². The zero-order chi connectivity index (χ0) is 13.1. The first-order valence-electron chi connectivity index (χ1n) is 5.40. The van der Waals surface area contributed by atoms with E-state index in [-0.39, 0.29) is 6.04 Å². The molecule has 1 aromatic carbocycles. The summed E-state index contributed by atoms with van der Waals surface area (Å²) in [5.41, 5.74) is 6.59. The van der Waals surface area contributed by atoms with Crippen LogP contribution in [-0.4, -0.2) is 4.98 Å². The van der Waals surface area contributed by atoms with Crippen LogP contribution in [0.3, 0.4) is 0 Å². The number of pyridine rings is 1. The number of hydrogen-bond donors (Lipinski definition) is 1. The SMILES string of the molecule is C[C@H](N)c1ccc(Oc2ccc(Br)cc2Br)cn1. The maximum Gasteiger partial charge on any atom is 0.145 e. The van der Waals surface area contributed by atoms with Crippen LogP contribution in [0.15, 0.2) is 45.5 Å². The molecule has 1 aromatic heterocycles. The Morgan fingerprint density at radius 3 is 2.56 bits per heavy atom. The summed E-state index contributed by atoms with van der Waals surface area (Å²) in [6.07, 6.45) is 1.67. The first kappa shape index (κ1) is 13.5. The third-order valence-corrected chi connectivity index (χ3v) is 3.46. The van der Waals surface area contributed by atoms with Crippen molar-refractivity contribution in [3.05, 3.63) is 51.2 Å². The zero-order valence-corrected chi connectivity index (χ0v) is 12.9. The van der Waals surface area contributed by atoms with Crippen LogP contribution < -0.4 is 10.5 Å². The van der Waals surface area contributed by atoms with E-state index >= 15 is 0 Å². The van der Waals surface area contributed by atoms with E-state index in [1.165, 1.54) is 0 Å². The number of halogens is 2. The normalized spacial score (nSPS) is 12.2. The molecule has 2 rings (SSSR count). The second kappa shape index (κ2) is 5.82. The van der Waals surface area contributed by atoms with E-state index in [9.17, 15) is 0 Å². The van der Waals surface area contributed by atoms with Crippen molar-refractivity contribution in [2.45, 2.75) is 13.0 Å². The summed E-state index contributed by atoms with van der Waals surface area (Å²) < 4.78 is 7.60. The van der Waals surface area contributed by atoms with E-state index in [4.69, 9.17) is 10.5 Å². The highest BCUT2D eigenvalue weighted by molar-refractivity contribution is 9.11. The van der Waals surface area contributed by atoms with Crippen molar-refractivity contribution in [2.75, 3.05) is 0 Å². The largest absolute Gasteiger partial charge is 0.455 e. The molecule has 0 aliphatic heterocycles. The predicted molar refractivity (Wildman–Crippen MR) is 78.8 cm³/mol. The van der Waals surface area contributed by atoms with Crippen molar-refractivity contribution in [1.29, 1.82) is 0 Å². The average molecular weight is 372 g/mol. The molecule has 2 aromatic rings. The Hall–Kier alpha value is -0.910. The van der Waals surface area contributed by atoms with Crippen molar-refractivity contribution >= 4 is 31.9 Å². The quantitative estimate of drug-likeness (QED) is 0.868. The Balaban J connectivity index is 2.18. The van der Waals surface area contributed by atoms with Gasteiger partial charge in [0.05, 0.1) is 16.4 Å². The van der Waals surface area contributed by atoms with Gasteiger partial charge in [-0.2, -0.15) is 0 Å². The van der Waals surface area contributed by atoms with E-state index in [0.29, 0.717) is 5.75 Å². The van der Waals surface area contributed by atoms with Crippen LogP contribution in [0.5, 0.6) is 11.5 Å². The predicted octanol–water partition coefficient (Wildman–Crippen LogP) is 4.42. The van der Waals surface area contributed by atoms with Gasteiger partial charge in [-0.25, -0.2) is 0 Å². The van der Waals surface area contributed by atoms with E-state index in [0.717, 1.165) is 20.4 Å². The van der Waals surface area contributed by atoms with Crippen molar-refractivity contribution in [3.63, 3.8) is 0 Å². The van der Waals surface area contributed by atoms with Crippen LogP contribution in [0.4, 0.5) is 0 Å². The Morgan fingerprint density at radius 1 is 1.22 bits per heavy atom. The Bertz CT molecular complexity index is 541. The molecule has 18 heavy (non-hydrogen) atoms. The Labute approximate surface area is 123 Å². The van der Waals surface area contributed by atoms with Crippen LogP contribution in [0.25, 0.3) is 0 Å². The number of rotatable bonds is 3. The van der Waals surface area contributed by atoms with Crippen LogP contribution >= 0.6 is 31.9 Å². The summed E-state index contributed by atoms with van der Waals surface area (Å²) in [7, 11) is 0. The lowest BCUT2D eigenvalue weighted by Crippen LogP contribution is -2.06. The van der Waals surface area contributed by atoms with Gasteiger partial charge in [0, 0.05) is 10.5 Å². The molecule has 0 saturated carbocycles. The molecule has 0 aliphatic rings. The minimum atomic E-state index is -0.0709. The molecule has 94 valence electrons. The van der Waals surface area contributed by atoms with Crippen molar-refractivity contribution in [2.24, 2.45) is 5.73 Å². The fourth-order valence-corrected chi connectivity index (χ4v) is 2.53. The first-order chi connectivity index (χ1) is 8.56. The number of aromatic nitrogens is 1. The van der Waals surface area contributed by atoms with Gasteiger partial charge in [0.15, 0.2) is 0 Å². The number of hydrogen-bond acceptors (Lipinski definition) is 3. The van der Waals surface area contributed by atoms with Crippen LogP contribution in [0.1, 0.15) is 18.7 Å². The number of benzene rings is 1. The van der Waals surface area contributed by atoms with E-state index in [1.54, 1.807) is 6.20 Å². The third-order valence-electron chi connectivity index (χ3n) is 2.35. The monoisotopic (exact) mass is 370 g/mol. The number of nitrogens with two attached hydrogens (primary N) is 1. The van der Waals surface area contributed by atoms with Crippen LogP contribution in [-0.2, 0) is 0 Å². The molecule has 0 unspecified atom stereocenters. The third kappa shape index (κ3) is 3.31. The molecule has 0 spiro atoms. The molecule has 1 atom stereocenters. The summed E-state index contributed by atoms with van der Waals surface area (Å²) in [6.45, 7) is 1.90. The van der Waals surface area contributed by atoms with Gasteiger partial charge in [0.25, 0.3) is 0 Å². The molecule has 2 N–H and O–H groups in total. The molecule has 3 nitrogen and oxygen atoms in total. The summed E-state index contributed by atoms with van der Waals surface area (Å²) >= 11 is 6.84. The van der Waals surface area contributed by atoms with Gasteiger partial charge in [-0.15, -0.1) is 0 Å². The molecule has 0 radical (unpaired) electrons. The minimum absolute atomic E-state index is 0.0709. The second-order valence-electron chi connectivity index (χ2n) is 3.88. The molecular weight excluding hydrogens is 360 g/mol. The lowest BCUT2D eigenvalue weighted by molar-refractivity contribution is 0.476. The topological polar surface area (TPSA) is 48.1 Å². The fraction of sp³-hybridized carbons (Fsp3) is 0.154. The maximum absolute atomic E-state index is 5.74. The van der Waals surface area contributed by atoms with Crippen molar-refractivity contribution in [1.82, 2.24) is 4.98 Å². The number of ether oxygens (including phenoxy) is 1. The standard InChI is InChI=1S/C13H12Br2N2O/c1-8(16)12-4-3-10(7-17-12)18-13-5-2-9(14)6-11(13)15/h2-8H,16H2,1H3/t8-/m0/s1. The van der Waals surface area contributed by atoms with Crippen LogP contribution in [0, 0.1) is 0 Å². The van der Waals surface area contributed by atoms with Crippen molar-refractivity contribution < 1.29 is 4.74 Å². The van der Waals surface area contributed by atoms with Gasteiger partial charge in [0.2, 0.25) is 0 Å². The summed E-state index contributed by atoms with van der Waals surface area (Å²) in [5, 5.41) is 0. The van der Waals surface area contributed by atoms with Gasteiger partial charge < -0.3 is 10.5 Å². The first-order valence-corrected chi connectivity index (χ1v) is 6.99. The highest BCUT2D eigenvalue weighted by Crippen LogP contribution is 2.31. The molecule has 0 fully saturated rings. The molecule has 0 bridgehead atoms. The molecule has 0 aliphatic carbocycles. The van der Waals surface area contributed by atoms with E-state index in [2.05, 4.69) is 36.8 Å². The lowest BCUT2D eigenvalue weighted by Gasteiger charge is -2.09. The van der Waals surface area contributed by atoms with E-state index in [1.807, 2.05) is 37.3 Å². The minimum Gasteiger partial charge on any atom is -0.455 e. The van der Waals surface area contributed by atoms with Gasteiger partial charge in [0.1, 0.15) is 11.5 Å². The molecule has 5 heteroatoms. The average Bonchev–Trinajstić information content (AvgIpc) is 2.33. The lowest BCUT2D eigenvalue weighted by atomic mass is 10.2. The maximum atomic E-state index is 5.74. The number of nitrogens with zero attached hydrogens (tertiary/aromatic N) is 1. The molecule has 1 heterocycles. The molecule has 0 saturated heterocycles. The highest BCUT2D eigenvalue weighted by Gasteiger charge is 2.05. The van der Waals surface area contributed by atoms with Crippen LogP contribution in [0.2, 0.25) is 0 Å². The van der Waals surface area contributed by atoms with Gasteiger partial charge in [-0.05, 0) is 53.2 Å². The Kier molecular flexibility index (Phi) is 4.37. The van der Waals surface area contributed by atoms with Gasteiger partial charge in [-0.3, -0.25) is 4.98 Å². The summed E-state index contributed by atoms with van der Waals surface area (Å²) in [4.78, 5) is 4.25. The fourth-order valence-electron chi connectivity index (χ4n) is 1.41.